The second-order valence-corrected chi connectivity index (χ2v) is 3.68. The van der Waals surface area contributed by atoms with Crippen LogP contribution in [-0.2, 0) is 0 Å². The highest BCUT2D eigenvalue weighted by atomic mass is 14.9. The zero-order valence-electron chi connectivity index (χ0n) is 8.88. The minimum atomic E-state index is 0.627. The van der Waals surface area contributed by atoms with E-state index in [1.54, 1.807) is 12.3 Å². The zero-order chi connectivity index (χ0) is 11.7. The SMILES string of the molecule is N#Cc1ccc2c(c1)NC=Cc1cncnc1-2. The first kappa shape index (κ1) is 9.55. The molecule has 1 aromatic carbocycles. The van der Waals surface area contributed by atoms with Crippen molar-refractivity contribution in [3.63, 3.8) is 0 Å². The normalized spacial score (nSPS) is 11.7. The van der Waals surface area contributed by atoms with Gasteiger partial charge in [0.1, 0.15) is 6.33 Å². The third kappa shape index (κ3) is 1.54. The van der Waals surface area contributed by atoms with E-state index >= 15 is 0 Å². The predicted molar refractivity (Wildman–Crippen MR) is 64.8 cm³/mol. The van der Waals surface area contributed by atoms with Crippen molar-refractivity contribution in [2.24, 2.45) is 0 Å². The van der Waals surface area contributed by atoms with Gasteiger partial charge in [-0.15, -0.1) is 0 Å². The average molecular weight is 220 g/mol. The van der Waals surface area contributed by atoms with Gasteiger partial charge in [0.2, 0.25) is 0 Å². The first-order chi connectivity index (χ1) is 8.38. The highest BCUT2D eigenvalue weighted by molar-refractivity contribution is 5.85. The lowest BCUT2D eigenvalue weighted by atomic mass is 10.0. The quantitative estimate of drug-likeness (QED) is 0.740. The van der Waals surface area contributed by atoms with E-state index in [1.165, 1.54) is 6.33 Å². The molecular weight excluding hydrogens is 212 g/mol. The summed E-state index contributed by atoms with van der Waals surface area (Å²) in [7, 11) is 0. The first-order valence-corrected chi connectivity index (χ1v) is 5.16. The fourth-order valence-corrected chi connectivity index (χ4v) is 1.85. The van der Waals surface area contributed by atoms with Gasteiger partial charge in [0.05, 0.1) is 17.3 Å². The van der Waals surface area contributed by atoms with Crippen LogP contribution in [0.15, 0.2) is 36.9 Å². The van der Waals surface area contributed by atoms with Gasteiger partial charge < -0.3 is 5.32 Å². The molecule has 1 N–H and O–H groups in total. The molecule has 2 aromatic rings. The monoisotopic (exact) mass is 220 g/mol. The van der Waals surface area contributed by atoms with E-state index in [2.05, 4.69) is 21.4 Å². The Bertz CT molecular complexity index is 653. The molecule has 1 aliphatic rings. The summed E-state index contributed by atoms with van der Waals surface area (Å²) in [5, 5.41) is 12.0. The Morgan fingerprint density at radius 3 is 3.12 bits per heavy atom. The van der Waals surface area contributed by atoms with Gasteiger partial charge in [0, 0.05) is 29.2 Å². The number of nitrogens with zero attached hydrogens (tertiary/aromatic N) is 3. The minimum absolute atomic E-state index is 0.627. The van der Waals surface area contributed by atoms with E-state index < -0.39 is 0 Å². The van der Waals surface area contributed by atoms with E-state index in [0.717, 1.165) is 22.5 Å². The maximum atomic E-state index is 8.88. The highest BCUT2D eigenvalue weighted by Gasteiger charge is 2.12. The summed E-state index contributed by atoms with van der Waals surface area (Å²) in [5.74, 6) is 0. The third-order valence-electron chi connectivity index (χ3n) is 2.65. The van der Waals surface area contributed by atoms with Crippen LogP contribution in [0, 0.1) is 11.3 Å². The number of nitrogens with one attached hydrogen (secondary N) is 1. The lowest BCUT2D eigenvalue weighted by Gasteiger charge is -2.07. The largest absolute Gasteiger partial charge is 0.361 e. The molecule has 4 heteroatoms. The van der Waals surface area contributed by atoms with E-state index in [9.17, 15) is 0 Å². The number of hydrogen-bond donors (Lipinski definition) is 1. The van der Waals surface area contributed by atoms with Crippen LogP contribution in [0.3, 0.4) is 0 Å². The van der Waals surface area contributed by atoms with Gasteiger partial charge in [-0.25, -0.2) is 9.97 Å². The van der Waals surface area contributed by atoms with Crippen LogP contribution in [0.5, 0.6) is 0 Å². The van der Waals surface area contributed by atoms with Crippen LogP contribution < -0.4 is 5.32 Å². The van der Waals surface area contributed by atoms with Crippen molar-refractivity contribution < 1.29 is 0 Å². The summed E-state index contributed by atoms with van der Waals surface area (Å²) in [4.78, 5) is 8.29. The van der Waals surface area contributed by atoms with Crippen molar-refractivity contribution >= 4 is 11.8 Å². The van der Waals surface area contributed by atoms with Crippen LogP contribution in [0.4, 0.5) is 5.69 Å². The number of nitriles is 1. The summed E-state index contributed by atoms with van der Waals surface area (Å²) in [6.07, 6.45) is 7.05. The molecule has 0 saturated heterocycles. The summed E-state index contributed by atoms with van der Waals surface area (Å²) < 4.78 is 0. The molecule has 0 saturated carbocycles. The van der Waals surface area contributed by atoms with Crippen LogP contribution >= 0.6 is 0 Å². The fourth-order valence-electron chi connectivity index (χ4n) is 1.85. The van der Waals surface area contributed by atoms with E-state index in [0.29, 0.717) is 5.56 Å². The molecule has 1 aromatic heterocycles. The first-order valence-electron chi connectivity index (χ1n) is 5.16. The van der Waals surface area contributed by atoms with Crippen molar-refractivity contribution in [2.45, 2.75) is 0 Å². The standard InChI is InChI=1S/C13H8N4/c14-6-9-1-2-11-12(5-9)16-4-3-10-7-15-8-17-13(10)11/h1-5,7-8,16H. The summed E-state index contributed by atoms with van der Waals surface area (Å²) in [6.45, 7) is 0. The van der Waals surface area contributed by atoms with Crippen molar-refractivity contribution in [3.8, 4) is 17.3 Å². The van der Waals surface area contributed by atoms with E-state index in [1.807, 2.05) is 24.4 Å². The Labute approximate surface area is 98.3 Å². The second kappa shape index (κ2) is 3.72. The van der Waals surface area contributed by atoms with E-state index in [-0.39, 0.29) is 0 Å². The summed E-state index contributed by atoms with van der Waals surface area (Å²) >= 11 is 0. The summed E-state index contributed by atoms with van der Waals surface area (Å²) in [6, 6.07) is 7.63. The molecule has 0 bridgehead atoms. The zero-order valence-corrected chi connectivity index (χ0v) is 8.88. The lowest BCUT2D eigenvalue weighted by Crippen LogP contribution is -1.92. The van der Waals surface area contributed by atoms with Gasteiger partial charge in [-0.05, 0) is 24.3 Å². The highest BCUT2D eigenvalue weighted by Crippen LogP contribution is 2.32. The molecule has 17 heavy (non-hydrogen) atoms. The number of anilines is 1. The van der Waals surface area contributed by atoms with Crippen molar-refractivity contribution in [2.75, 3.05) is 5.32 Å². The number of aromatic nitrogens is 2. The van der Waals surface area contributed by atoms with E-state index in [4.69, 9.17) is 5.26 Å². The number of hydrogen-bond acceptors (Lipinski definition) is 4. The van der Waals surface area contributed by atoms with Gasteiger partial charge in [-0.2, -0.15) is 5.26 Å². The molecule has 3 rings (SSSR count). The molecule has 0 unspecified atom stereocenters. The van der Waals surface area contributed by atoms with Gasteiger partial charge >= 0.3 is 0 Å². The second-order valence-electron chi connectivity index (χ2n) is 3.68. The Kier molecular flexibility index (Phi) is 2.09. The van der Waals surface area contributed by atoms with Gasteiger partial charge in [-0.3, -0.25) is 0 Å². The molecule has 0 atom stereocenters. The smallest absolute Gasteiger partial charge is 0.116 e. The molecule has 4 nitrogen and oxygen atoms in total. The topological polar surface area (TPSA) is 61.6 Å². The molecule has 0 fully saturated rings. The van der Waals surface area contributed by atoms with Crippen LogP contribution in [-0.4, -0.2) is 9.97 Å². The lowest BCUT2D eigenvalue weighted by molar-refractivity contribution is 1.16. The van der Waals surface area contributed by atoms with Crippen molar-refractivity contribution in [3.05, 3.63) is 48.1 Å². The molecule has 0 aliphatic carbocycles. The van der Waals surface area contributed by atoms with Crippen molar-refractivity contribution in [1.29, 1.82) is 5.26 Å². The Morgan fingerprint density at radius 2 is 2.24 bits per heavy atom. The Morgan fingerprint density at radius 1 is 1.29 bits per heavy atom. The average Bonchev–Trinajstić information content (AvgIpc) is 2.57. The van der Waals surface area contributed by atoms with Gasteiger partial charge in [-0.1, -0.05) is 0 Å². The molecule has 0 amide bonds. The number of fused-ring (bicyclic) bond motifs is 3. The number of rotatable bonds is 0. The fraction of sp³-hybridized carbons (Fsp3) is 0. The molecule has 0 spiro atoms. The Hall–Kier alpha value is -2.67. The summed E-state index contributed by atoms with van der Waals surface area (Å²) in [5.41, 5.74) is 4.33. The van der Waals surface area contributed by atoms with Crippen molar-refractivity contribution in [1.82, 2.24) is 9.97 Å². The van der Waals surface area contributed by atoms with Crippen LogP contribution in [0.25, 0.3) is 17.3 Å². The minimum Gasteiger partial charge on any atom is -0.361 e. The molecule has 1 aliphatic heterocycles. The maximum Gasteiger partial charge on any atom is 0.116 e. The molecular formula is C13H8N4. The number of benzene rings is 1. The van der Waals surface area contributed by atoms with Crippen LogP contribution in [0.1, 0.15) is 11.1 Å². The maximum absolute atomic E-state index is 8.88. The third-order valence-corrected chi connectivity index (χ3v) is 2.65. The predicted octanol–water partition coefficient (Wildman–Crippen LogP) is 2.41. The molecule has 80 valence electrons. The van der Waals surface area contributed by atoms with Crippen LogP contribution in [0.2, 0.25) is 0 Å². The van der Waals surface area contributed by atoms with Gasteiger partial charge in [0.25, 0.3) is 0 Å². The molecule has 2 heterocycles. The van der Waals surface area contributed by atoms with Gasteiger partial charge in [0.15, 0.2) is 0 Å². The Balaban J connectivity index is 2.28. The molecule has 0 radical (unpaired) electrons.